The number of thioether (sulfide) groups is 1. The van der Waals surface area contributed by atoms with E-state index < -0.39 is 0 Å². The van der Waals surface area contributed by atoms with E-state index in [0.29, 0.717) is 76.2 Å². The number of rotatable bonds is 14. The van der Waals surface area contributed by atoms with Crippen molar-refractivity contribution in [1.29, 1.82) is 0 Å². The number of fused-ring (bicyclic) bond motifs is 1. The van der Waals surface area contributed by atoms with Crippen LogP contribution in [0.4, 0.5) is 4.39 Å². The maximum atomic E-state index is 14.3. The predicted octanol–water partition coefficient (Wildman–Crippen LogP) is 6.48. The average molecular weight is 604 g/mol. The van der Waals surface area contributed by atoms with Crippen molar-refractivity contribution in [3.05, 3.63) is 80.2 Å². The summed E-state index contributed by atoms with van der Waals surface area (Å²) in [6.45, 7) is 0.997. The van der Waals surface area contributed by atoms with Crippen molar-refractivity contribution in [2.75, 3.05) is 20.8 Å². The molecule has 4 rings (SSSR count). The molecule has 2 aromatic carbocycles. The molecule has 0 aliphatic heterocycles. The van der Waals surface area contributed by atoms with Crippen molar-refractivity contribution >= 4 is 50.8 Å². The van der Waals surface area contributed by atoms with Gasteiger partial charge in [-0.25, -0.2) is 9.37 Å². The third-order valence-electron chi connectivity index (χ3n) is 6.41. The van der Waals surface area contributed by atoms with Crippen LogP contribution in [-0.4, -0.2) is 36.2 Å². The number of carbonyl (C=O) groups excluding carboxylic acids is 1. The zero-order valence-electron chi connectivity index (χ0n) is 22.4. The molecule has 40 heavy (non-hydrogen) atoms. The molecule has 0 saturated carbocycles. The summed E-state index contributed by atoms with van der Waals surface area (Å²) in [5.41, 5.74) is 1.97. The van der Waals surface area contributed by atoms with Crippen molar-refractivity contribution in [3.63, 3.8) is 0 Å². The Morgan fingerprint density at radius 3 is 2.73 bits per heavy atom. The Labute approximate surface area is 245 Å². The molecule has 2 aromatic heterocycles. The first-order valence-corrected chi connectivity index (χ1v) is 15.2. The number of ether oxygens (including phenoxy) is 2. The van der Waals surface area contributed by atoms with E-state index in [0.717, 1.165) is 12.0 Å². The lowest BCUT2D eigenvalue weighted by molar-refractivity contribution is -0.121. The molecule has 1 N–H and O–H groups in total. The monoisotopic (exact) mass is 603 g/mol. The minimum absolute atomic E-state index is 0.00248. The first kappa shape index (κ1) is 29.9. The van der Waals surface area contributed by atoms with E-state index in [1.807, 2.05) is 29.6 Å². The van der Waals surface area contributed by atoms with Crippen LogP contribution in [0.2, 0.25) is 5.02 Å². The highest BCUT2D eigenvalue weighted by Crippen LogP contribution is 2.29. The van der Waals surface area contributed by atoms with Crippen LogP contribution < -0.4 is 20.3 Å². The highest BCUT2D eigenvalue weighted by molar-refractivity contribution is 7.98. The van der Waals surface area contributed by atoms with Crippen LogP contribution >= 0.6 is 34.7 Å². The van der Waals surface area contributed by atoms with E-state index in [9.17, 15) is 14.0 Å². The quantitative estimate of drug-likeness (QED) is 0.101. The Morgan fingerprint density at radius 1 is 1.12 bits per heavy atom. The van der Waals surface area contributed by atoms with Gasteiger partial charge in [-0.2, -0.15) is 0 Å². The number of nitrogens with zero attached hydrogens (tertiary/aromatic N) is 2. The Bertz CT molecular complexity index is 1500. The molecule has 212 valence electrons. The maximum Gasteiger partial charge on any atom is 0.272 e. The Morgan fingerprint density at radius 2 is 1.95 bits per heavy atom. The molecule has 11 heteroatoms. The zero-order valence-corrected chi connectivity index (χ0v) is 24.8. The molecule has 1 amide bonds. The van der Waals surface area contributed by atoms with Crippen molar-refractivity contribution in [2.45, 2.75) is 49.6 Å². The molecule has 2 heterocycles. The second-order valence-corrected chi connectivity index (χ2v) is 11.3. The van der Waals surface area contributed by atoms with Crippen LogP contribution in [-0.2, 0) is 23.5 Å². The van der Waals surface area contributed by atoms with Gasteiger partial charge in [-0.05, 0) is 60.5 Å². The minimum Gasteiger partial charge on any atom is -0.493 e. The number of amides is 1. The molecule has 0 fully saturated rings. The Hall–Kier alpha value is -3.08. The van der Waals surface area contributed by atoms with Crippen molar-refractivity contribution in [1.82, 2.24) is 14.9 Å². The fraction of sp³-hybridized carbons (Fsp3) is 0.345. The summed E-state index contributed by atoms with van der Waals surface area (Å²) in [4.78, 5) is 30.2. The van der Waals surface area contributed by atoms with E-state index in [2.05, 4.69) is 10.3 Å². The molecule has 7 nitrogen and oxygen atoms in total. The fourth-order valence-electron chi connectivity index (χ4n) is 4.24. The molecule has 0 unspecified atom stereocenters. The summed E-state index contributed by atoms with van der Waals surface area (Å²) in [6.07, 6.45) is 3.30. The van der Waals surface area contributed by atoms with E-state index in [1.54, 1.807) is 30.9 Å². The number of halogens is 2. The van der Waals surface area contributed by atoms with Crippen LogP contribution in [0.25, 0.3) is 10.2 Å². The van der Waals surface area contributed by atoms with Crippen LogP contribution in [0, 0.1) is 5.82 Å². The standard InChI is InChI=1S/C29H31ClFN3O4S2/c1-37-24-11-10-19(17-25(24)38-2)12-14-32-26(35)9-4-3-5-15-34-28(36)27-23(13-16-39-27)33-29(34)40-18-20-21(30)7-6-8-22(20)31/h6-8,10-11,13,16-17H,3-5,9,12,14-15,18H2,1-2H3,(H,32,35). The first-order chi connectivity index (χ1) is 19.4. The molecule has 0 atom stereocenters. The summed E-state index contributed by atoms with van der Waals surface area (Å²) >= 11 is 8.85. The number of unbranched alkanes of at least 4 members (excludes halogenated alkanes) is 2. The molecule has 0 aliphatic carbocycles. The number of aromatic nitrogens is 2. The summed E-state index contributed by atoms with van der Waals surface area (Å²) < 4.78 is 27.1. The smallest absolute Gasteiger partial charge is 0.272 e. The normalized spacial score (nSPS) is 11.1. The lowest BCUT2D eigenvalue weighted by atomic mass is 10.1. The highest BCUT2D eigenvalue weighted by atomic mass is 35.5. The number of carbonyl (C=O) groups is 1. The molecular formula is C29H31ClFN3O4S2. The van der Waals surface area contributed by atoms with Gasteiger partial charge >= 0.3 is 0 Å². The topological polar surface area (TPSA) is 82.5 Å². The number of hydrogen-bond acceptors (Lipinski definition) is 7. The largest absolute Gasteiger partial charge is 0.493 e. The lowest BCUT2D eigenvalue weighted by Gasteiger charge is -2.13. The van der Waals surface area contributed by atoms with Crippen LogP contribution in [0.3, 0.4) is 0 Å². The van der Waals surface area contributed by atoms with Gasteiger partial charge in [-0.15, -0.1) is 11.3 Å². The Kier molecular flexibility index (Phi) is 10.9. The van der Waals surface area contributed by atoms with Gasteiger partial charge in [0.05, 0.1) is 19.7 Å². The molecule has 0 spiro atoms. The Balaban J connectivity index is 1.27. The van der Waals surface area contributed by atoms with Gasteiger partial charge in [0.25, 0.3) is 5.56 Å². The van der Waals surface area contributed by atoms with Crippen molar-refractivity contribution in [3.8, 4) is 11.5 Å². The van der Waals surface area contributed by atoms with Crippen molar-refractivity contribution < 1.29 is 18.7 Å². The van der Waals surface area contributed by atoms with E-state index >= 15 is 0 Å². The van der Waals surface area contributed by atoms with Gasteiger partial charge in [0, 0.05) is 35.8 Å². The lowest BCUT2D eigenvalue weighted by Crippen LogP contribution is -2.25. The number of benzene rings is 2. The third-order valence-corrected chi connectivity index (χ3v) is 8.66. The molecule has 0 aliphatic rings. The summed E-state index contributed by atoms with van der Waals surface area (Å²) in [5, 5.41) is 5.68. The molecular weight excluding hydrogens is 573 g/mol. The molecule has 0 saturated heterocycles. The molecule has 0 radical (unpaired) electrons. The predicted molar refractivity (Wildman–Crippen MR) is 160 cm³/mol. The molecule has 4 aromatic rings. The van der Waals surface area contributed by atoms with Gasteiger partial charge in [0.1, 0.15) is 10.5 Å². The number of methoxy groups -OCH3 is 2. The number of hydrogen-bond donors (Lipinski definition) is 1. The SMILES string of the molecule is COc1ccc(CCNC(=O)CCCCCn2c(SCc3c(F)cccc3Cl)nc3ccsc3c2=O)cc1OC. The second kappa shape index (κ2) is 14.5. The van der Waals surface area contributed by atoms with E-state index in [1.165, 1.54) is 29.2 Å². The summed E-state index contributed by atoms with van der Waals surface area (Å²) in [5.74, 6) is 1.21. The van der Waals surface area contributed by atoms with E-state index in [-0.39, 0.29) is 23.0 Å². The highest BCUT2D eigenvalue weighted by Gasteiger charge is 2.15. The van der Waals surface area contributed by atoms with Crippen LogP contribution in [0.1, 0.15) is 36.8 Å². The first-order valence-electron chi connectivity index (χ1n) is 12.9. The average Bonchev–Trinajstić information content (AvgIpc) is 3.42. The molecule has 0 bridgehead atoms. The van der Waals surface area contributed by atoms with Crippen molar-refractivity contribution in [2.24, 2.45) is 0 Å². The van der Waals surface area contributed by atoms with Gasteiger partial charge < -0.3 is 14.8 Å². The van der Waals surface area contributed by atoms with Gasteiger partial charge in [-0.1, -0.05) is 41.9 Å². The zero-order chi connectivity index (χ0) is 28.5. The van der Waals surface area contributed by atoms with E-state index in [4.69, 9.17) is 21.1 Å². The second-order valence-electron chi connectivity index (χ2n) is 9.07. The minimum atomic E-state index is -0.382. The van der Waals surface area contributed by atoms with Gasteiger partial charge in [-0.3, -0.25) is 14.2 Å². The third kappa shape index (κ3) is 7.56. The van der Waals surface area contributed by atoms with Crippen LogP contribution in [0.5, 0.6) is 11.5 Å². The summed E-state index contributed by atoms with van der Waals surface area (Å²) in [7, 11) is 3.19. The van der Waals surface area contributed by atoms with Gasteiger partial charge in [0.15, 0.2) is 16.7 Å². The maximum absolute atomic E-state index is 14.3. The summed E-state index contributed by atoms with van der Waals surface area (Å²) in [6, 6.07) is 12.1. The van der Waals surface area contributed by atoms with Gasteiger partial charge in [0.2, 0.25) is 5.91 Å². The number of thiophene rings is 1. The van der Waals surface area contributed by atoms with Crippen LogP contribution in [0.15, 0.2) is 57.8 Å². The fourth-order valence-corrected chi connectivity index (χ4v) is 6.39. The number of nitrogens with one attached hydrogen (secondary N) is 1.